The zero-order valence-corrected chi connectivity index (χ0v) is 8.25. The van der Waals surface area contributed by atoms with Crippen molar-refractivity contribution in [3.05, 3.63) is 0 Å². The molecule has 4 heavy (non-hydrogen) atoms. The largest absolute Gasteiger partial charge is 0 e. The Bertz CT molecular complexity index is 8.00. The first-order chi connectivity index (χ1) is 0. The van der Waals surface area contributed by atoms with Crippen molar-refractivity contribution in [2.75, 3.05) is 0 Å². The van der Waals surface area contributed by atoms with E-state index in [1.54, 1.807) is 0 Å². The summed E-state index contributed by atoms with van der Waals surface area (Å²) in [7, 11) is 0. The van der Waals surface area contributed by atoms with E-state index in [9.17, 15) is 0 Å². The molecule has 0 aromatic heterocycles. The molecule has 0 aliphatic rings. The van der Waals surface area contributed by atoms with Crippen molar-refractivity contribution >= 4 is 23.9 Å². The van der Waals surface area contributed by atoms with Crippen LogP contribution < -0.4 is 0 Å². The van der Waals surface area contributed by atoms with Crippen molar-refractivity contribution in [1.29, 1.82) is 0 Å². The minimum atomic E-state index is 0. The molecule has 0 spiro atoms. The molecule has 0 heterocycles. The van der Waals surface area contributed by atoms with E-state index in [0.717, 1.165) is 0 Å². The Morgan fingerprint density at radius 2 is 1.00 bits per heavy atom. The molecule has 6 radical (unpaired) electrons. The fourth-order valence-electron chi connectivity index (χ4n) is 0. The predicted octanol–water partition coefficient (Wildman–Crippen LogP) is -0.388. The van der Waals surface area contributed by atoms with Gasteiger partial charge in [0, 0.05) is 83.8 Å². The summed E-state index contributed by atoms with van der Waals surface area (Å²) in [5.41, 5.74) is 0. The van der Waals surface area contributed by atoms with Crippen molar-refractivity contribution in [1.82, 2.24) is 0 Å². The van der Waals surface area contributed by atoms with Crippen molar-refractivity contribution in [2.24, 2.45) is 0 Å². The Hall–Kier alpha value is 2.72. The van der Waals surface area contributed by atoms with E-state index in [1.807, 2.05) is 0 Å². The Morgan fingerprint density at radius 3 is 1.00 bits per heavy atom. The molecular weight excluding hydrogens is 397 g/mol. The molecule has 36 valence electrons. The van der Waals surface area contributed by atoms with Crippen LogP contribution in [0.25, 0.3) is 0 Å². The Kier molecular flexibility index (Phi) is 128. The number of rotatable bonds is 0. The molecule has 0 unspecified atom stereocenters. The fourth-order valence-corrected chi connectivity index (χ4v) is 0. The first-order valence-electron chi connectivity index (χ1n) is 0. The van der Waals surface area contributed by atoms with Gasteiger partial charge in [-0.05, 0) is 0 Å². The van der Waals surface area contributed by atoms with Gasteiger partial charge in [0.1, 0.15) is 0 Å². The van der Waals surface area contributed by atoms with E-state index in [1.165, 1.54) is 0 Å². The molecule has 0 aliphatic carbocycles. The molecule has 0 rings (SSSR count). The summed E-state index contributed by atoms with van der Waals surface area (Å²) in [6, 6.07) is 0. The zero-order valence-electron chi connectivity index (χ0n) is 1.42. The van der Waals surface area contributed by atoms with Crippen LogP contribution in [-0.4, -0.2) is 23.9 Å². The third kappa shape index (κ3) is 8.83. The van der Waals surface area contributed by atoms with Gasteiger partial charge in [-0.3, -0.25) is 0 Å². The van der Waals surface area contributed by atoms with Crippen LogP contribution in [0.5, 0.6) is 0 Å². The van der Waals surface area contributed by atoms with Gasteiger partial charge in [-0.1, -0.05) is 0 Å². The van der Waals surface area contributed by atoms with Gasteiger partial charge in [-0.15, -0.1) is 0 Å². The second kappa shape index (κ2) is 17.2. The average Bonchev–Trinajstić information content (AvgIpc) is 0. The Balaban J connectivity index is 0. The van der Waals surface area contributed by atoms with Crippen LogP contribution in [0.15, 0.2) is 0 Å². The van der Waals surface area contributed by atoms with Crippen molar-refractivity contribution in [3.8, 4) is 0 Å². The topological polar surface area (TPSA) is 0 Å². The van der Waals surface area contributed by atoms with E-state index in [-0.39, 0.29) is 83.8 Å². The predicted molar refractivity (Wildman–Crippen MR) is 5.75 cm³/mol. The second-order valence-electron chi connectivity index (χ2n) is 0. The summed E-state index contributed by atoms with van der Waals surface area (Å²) in [5, 5.41) is 0. The third-order valence-electron chi connectivity index (χ3n) is 0. The molecule has 0 aliphatic heterocycles. The van der Waals surface area contributed by atoms with Gasteiger partial charge in [-0.25, -0.2) is 0 Å². The minimum Gasteiger partial charge on any atom is 0 e. The standard InChI is InChI=1S/Ag.Cu.Pd.Sn. The minimum absolute atomic E-state index is 0. The van der Waals surface area contributed by atoms with E-state index < -0.39 is 0 Å². The zero-order chi connectivity index (χ0) is 0. The van der Waals surface area contributed by atoms with E-state index in [2.05, 4.69) is 0 Å². The molecule has 0 saturated heterocycles. The summed E-state index contributed by atoms with van der Waals surface area (Å²) >= 11 is 0. The van der Waals surface area contributed by atoms with Gasteiger partial charge >= 0.3 is 0 Å². The molecule has 0 saturated carbocycles. The van der Waals surface area contributed by atoms with Crippen molar-refractivity contribution in [2.45, 2.75) is 0 Å². The Labute approximate surface area is 82.5 Å². The van der Waals surface area contributed by atoms with Crippen LogP contribution in [0.4, 0.5) is 0 Å². The molecule has 4 heteroatoms. The van der Waals surface area contributed by atoms with Gasteiger partial charge in [-0.2, -0.15) is 0 Å². The molecule has 0 bridgehead atoms. The summed E-state index contributed by atoms with van der Waals surface area (Å²) in [6.07, 6.45) is 0. The fraction of sp³-hybridized carbons (Fsp3) is 0. The summed E-state index contributed by atoms with van der Waals surface area (Å²) < 4.78 is 0. The van der Waals surface area contributed by atoms with Crippen LogP contribution in [0, 0.1) is 0 Å². The first kappa shape index (κ1) is 29.7. The van der Waals surface area contributed by atoms with Crippen LogP contribution in [-0.2, 0) is 59.9 Å². The maximum Gasteiger partial charge on any atom is 0 e. The molecule has 0 aromatic rings. The molecule has 0 amide bonds. The maximum atomic E-state index is 0. The molecule has 0 N–H and O–H groups in total. The van der Waals surface area contributed by atoms with Crippen molar-refractivity contribution in [3.63, 3.8) is 0 Å². The molecule has 0 fully saturated rings. The van der Waals surface area contributed by atoms with E-state index in [0.29, 0.717) is 0 Å². The number of hydrogen-bond donors (Lipinski definition) is 0. The third-order valence-corrected chi connectivity index (χ3v) is 0. The molecule has 0 aromatic carbocycles. The van der Waals surface area contributed by atoms with Crippen LogP contribution in [0.3, 0.4) is 0 Å². The summed E-state index contributed by atoms with van der Waals surface area (Å²) in [4.78, 5) is 0. The molecule has 0 atom stereocenters. The van der Waals surface area contributed by atoms with E-state index >= 15 is 0 Å². The first-order valence-corrected chi connectivity index (χ1v) is 0. The van der Waals surface area contributed by atoms with Crippen LogP contribution >= 0.6 is 0 Å². The van der Waals surface area contributed by atoms with Crippen LogP contribution in [0.1, 0.15) is 0 Å². The monoisotopic (exact) mass is 396 g/mol. The van der Waals surface area contributed by atoms with Crippen molar-refractivity contribution < 1.29 is 59.9 Å². The smallest absolute Gasteiger partial charge is 0 e. The molecule has 0 nitrogen and oxygen atoms in total. The molecular formula is AgCuPdSn. The normalized spacial score (nSPS) is 0. The maximum absolute atomic E-state index is 0. The van der Waals surface area contributed by atoms with Crippen LogP contribution in [0.2, 0.25) is 0 Å². The SMILES string of the molecule is [Ag].[Cu].[Pd].[Sn]. The van der Waals surface area contributed by atoms with Gasteiger partial charge in [0.25, 0.3) is 0 Å². The quantitative estimate of drug-likeness (QED) is 0.490. The summed E-state index contributed by atoms with van der Waals surface area (Å²) in [6.45, 7) is 0. The van der Waals surface area contributed by atoms with Gasteiger partial charge in [0.15, 0.2) is 0 Å². The number of hydrogen-bond acceptors (Lipinski definition) is 0. The average molecular weight is 397 g/mol. The van der Waals surface area contributed by atoms with E-state index in [4.69, 9.17) is 0 Å². The second-order valence-corrected chi connectivity index (χ2v) is 0. The summed E-state index contributed by atoms with van der Waals surface area (Å²) in [5.74, 6) is 0. The van der Waals surface area contributed by atoms with Gasteiger partial charge in [0.2, 0.25) is 0 Å². The van der Waals surface area contributed by atoms with Gasteiger partial charge in [0.05, 0.1) is 0 Å². The van der Waals surface area contributed by atoms with Gasteiger partial charge < -0.3 is 0 Å². The Morgan fingerprint density at radius 1 is 1.00 bits per heavy atom.